The molecule has 0 saturated carbocycles. The SMILES string of the molecule is C=C/N=C(/C)N(C)CC(=O)N(C)CCCCC. The average molecular weight is 239 g/mol. The van der Waals surface area contributed by atoms with Crippen LogP contribution < -0.4 is 0 Å². The molecule has 98 valence electrons. The fourth-order valence-electron chi connectivity index (χ4n) is 1.39. The summed E-state index contributed by atoms with van der Waals surface area (Å²) in [6, 6.07) is 0. The van der Waals surface area contributed by atoms with Crippen molar-refractivity contribution in [1.82, 2.24) is 9.80 Å². The number of likely N-dealkylation sites (N-methyl/N-ethyl adjacent to an activating group) is 2. The Morgan fingerprint density at radius 2 is 1.94 bits per heavy atom. The van der Waals surface area contributed by atoms with Gasteiger partial charge in [-0.25, -0.2) is 4.99 Å². The third kappa shape index (κ3) is 6.76. The van der Waals surface area contributed by atoms with Crippen LogP contribution in [0.4, 0.5) is 0 Å². The number of nitrogens with zero attached hydrogens (tertiary/aromatic N) is 3. The Labute approximate surface area is 105 Å². The quantitative estimate of drug-likeness (QED) is 0.387. The normalized spacial score (nSPS) is 11.2. The van der Waals surface area contributed by atoms with Crippen LogP contribution in [0.5, 0.6) is 0 Å². The molecule has 0 aliphatic rings. The highest BCUT2D eigenvalue weighted by Gasteiger charge is 2.11. The summed E-state index contributed by atoms with van der Waals surface area (Å²) in [5.41, 5.74) is 0. The van der Waals surface area contributed by atoms with E-state index in [0.29, 0.717) is 6.54 Å². The van der Waals surface area contributed by atoms with Crippen LogP contribution >= 0.6 is 0 Å². The summed E-state index contributed by atoms with van der Waals surface area (Å²) < 4.78 is 0. The van der Waals surface area contributed by atoms with Crippen molar-refractivity contribution in [3.63, 3.8) is 0 Å². The molecule has 0 unspecified atom stereocenters. The van der Waals surface area contributed by atoms with E-state index in [-0.39, 0.29) is 5.91 Å². The van der Waals surface area contributed by atoms with E-state index < -0.39 is 0 Å². The van der Waals surface area contributed by atoms with Crippen molar-refractivity contribution in [2.45, 2.75) is 33.1 Å². The van der Waals surface area contributed by atoms with Crippen LogP contribution in [0, 0.1) is 0 Å². The molecule has 0 rings (SSSR count). The van der Waals surface area contributed by atoms with Crippen LogP contribution in [0.25, 0.3) is 0 Å². The number of unbranched alkanes of at least 4 members (excludes halogenated alkanes) is 2. The van der Waals surface area contributed by atoms with Crippen molar-refractivity contribution in [1.29, 1.82) is 0 Å². The van der Waals surface area contributed by atoms with E-state index in [1.54, 1.807) is 4.90 Å². The van der Waals surface area contributed by atoms with Crippen LogP contribution in [0.15, 0.2) is 17.8 Å². The second-order valence-electron chi connectivity index (χ2n) is 4.24. The highest BCUT2D eigenvalue weighted by molar-refractivity contribution is 5.86. The fraction of sp³-hybridized carbons (Fsp3) is 0.692. The summed E-state index contributed by atoms with van der Waals surface area (Å²) in [5.74, 6) is 0.928. The third-order valence-electron chi connectivity index (χ3n) is 2.73. The molecule has 0 aromatic carbocycles. The third-order valence-corrected chi connectivity index (χ3v) is 2.73. The second-order valence-corrected chi connectivity index (χ2v) is 4.24. The number of hydrogen-bond acceptors (Lipinski definition) is 2. The number of carbonyl (C=O) groups excluding carboxylic acids is 1. The number of carbonyl (C=O) groups is 1. The summed E-state index contributed by atoms with van der Waals surface area (Å²) in [4.78, 5) is 19.5. The van der Waals surface area contributed by atoms with Crippen molar-refractivity contribution in [2.24, 2.45) is 4.99 Å². The van der Waals surface area contributed by atoms with Gasteiger partial charge in [-0.3, -0.25) is 4.79 Å². The summed E-state index contributed by atoms with van der Waals surface area (Å²) in [7, 11) is 3.71. The van der Waals surface area contributed by atoms with E-state index in [4.69, 9.17) is 0 Å². The topological polar surface area (TPSA) is 35.9 Å². The van der Waals surface area contributed by atoms with Gasteiger partial charge >= 0.3 is 0 Å². The van der Waals surface area contributed by atoms with Gasteiger partial charge in [-0.05, 0) is 13.3 Å². The molecule has 0 aromatic rings. The average Bonchev–Trinajstić information content (AvgIpc) is 2.29. The van der Waals surface area contributed by atoms with Gasteiger partial charge in [0.2, 0.25) is 5.91 Å². The number of hydrogen-bond donors (Lipinski definition) is 0. The Kier molecular flexibility index (Phi) is 8.11. The first-order chi connectivity index (χ1) is 8.02. The van der Waals surface area contributed by atoms with Crippen LogP contribution in [0.3, 0.4) is 0 Å². The van der Waals surface area contributed by atoms with Crippen LogP contribution in [-0.2, 0) is 4.79 Å². The molecule has 0 saturated heterocycles. The largest absolute Gasteiger partial charge is 0.354 e. The predicted molar refractivity (Wildman–Crippen MR) is 73.1 cm³/mol. The van der Waals surface area contributed by atoms with Crippen LogP contribution in [0.1, 0.15) is 33.1 Å². The maximum absolute atomic E-state index is 11.9. The van der Waals surface area contributed by atoms with E-state index in [1.807, 2.05) is 25.9 Å². The van der Waals surface area contributed by atoms with Gasteiger partial charge in [0.05, 0.1) is 6.54 Å². The maximum Gasteiger partial charge on any atom is 0.241 e. The Balaban J connectivity index is 4.06. The van der Waals surface area contributed by atoms with Gasteiger partial charge in [-0.1, -0.05) is 26.3 Å². The Hall–Kier alpha value is -1.32. The zero-order valence-corrected chi connectivity index (χ0v) is 11.6. The molecule has 0 atom stereocenters. The lowest BCUT2D eigenvalue weighted by atomic mass is 10.2. The molecule has 17 heavy (non-hydrogen) atoms. The van der Waals surface area contributed by atoms with Crippen molar-refractivity contribution < 1.29 is 4.79 Å². The molecule has 1 amide bonds. The highest BCUT2D eigenvalue weighted by atomic mass is 16.2. The molecule has 0 aliphatic carbocycles. The highest BCUT2D eigenvalue weighted by Crippen LogP contribution is 1.98. The first kappa shape index (κ1) is 15.7. The molecule has 0 radical (unpaired) electrons. The second kappa shape index (κ2) is 8.79. The van der Waals surface area contributed by atoms with Gasteiger partial charge < -0.3 is 9.80 Å². The standard InChI is InChI=1S/C13H25N3O/c1-6-8-9-10-15(4)13(17)11-16(5)12(3)14-7-2/h7H,2,6,8-11H2,1,3-5H3/b14-12-. The Bertz CT molecular complexity index is 274. The number of rotatable bonds is 7. The van der Waals surface area contributed by atoms with Crippen molar-refractivity contribution in [3.8, 4) is 0 Å². The minimum atomic E-state index is 0.127. The molecule has 0 spiro atoms. The summed E-state index contributed by atoms with van der Waals surface area (Å²) >= 11 is 0. The van der Waals surface area contributed by atoms with E-state index in [0.717, 1.165) is 18.8 Å². The van der Waals surface area contributed by atoms with Crippen LogP contribution in [-0.4, -0.2) is 48.7 Å². The molecule has 0 N–H and O–H groups in total. The van der Waals surface area contributed by atoms with E-state index in [2.05, 4.69) is 18.5 Å². The Morgan fingerprint density at radius 1 is 1.29 bits per heavy atom. The van der Waals surface area contributed by atoms with Gasteiger partial charge in [0, 0.05) is 26.8 Å². The zero-order chi connectivity index (χ0) is 13.3. The molecule has 0 aliphatic heterocycles. The lowest BCUT2D eigenvalue weighted by Gasteiger charge is -2.22. The van der Waals surface area contributed by atoms with E-state index in [9.17, 15) is 4.79 Å². The molecule has 0 aromatic heterocycles. The van der Waals surface area contributed by atoms with Gasteiger partial charge in [0.25, 0.3) is 0 Å². The lowest BCUT2D eigenvalue weighted by molar-refractivity contribution is -0.130. The van der Waals surface area contributed by atoms with E-state index >= 15 is 0 Å². The smallest absolute Gasteiger partial charge is 0.241 e. The van der Waals surface area contributed by atoms with Crippen molar-refractivity contribution >= 4 is 11.7 Å². The minimum Gasteiger partial charge on any atom is -0.354 e. The van der Waals surface area contributed by atoms with Gasteiger partial charge in [-0.15, -0.1) is 0 Å². The maximum atomic E-state index is 11.9. The fourth-order valence-corrected chi connectivity index (χ4v) is 1.39. The lowest BCUT2D eigenvalue weighted by Crippen LogP contribution is -2.38. The molecule has 0 heterocycles. The predicted octanol–water partition coefficient (Wildman–Crippen LogP) is 2.13. The zero-order valence-electron chi connectivity index (χ0n) is 11.6. The summed E-state index contributed by atoms with van der Waals surface area (Å²) in [5, 5.41) is 0. The van der Waals surface area contributed by atoms with Crippen LogP contribution in [0.2, 0.25) is 0 Å². The monoisotopic (exact) mass is 239 g/mol. The molecular weight excluding hydrogens is 214 g/mol. The van der Waals surface area contributed by atoms with Gasteiger partial charge in [0.1, 0.15) is 5.84 Å². The number of aliphatic imine (C=N–C) groups is 1. The molecule has 4 nitrogen and oxygen atoms in total. The molecule has 0 bridgehead atoms. The summed E-state index contributed by atoms with van der Waals surface area (Å²) in [6.07, 6.45) is 4.90. The van der Waals surface area contributed by atoms with E-state index in [1.165, 1.54) is 19.0 Å². The van der Waals surface area contributed by atoms with Gasteiger partial charge in [0.15, 0.2) is 0 Å². The first-order valence-corrected chi connectivity index (χ1v) is 6.13. The minimum absolute atomic E-state index is 0.127. The van der Waals surface area contributed by atoms with Crippen molar-refractivity contribution in [2.75, 3.05) is 27.2 Å². The first-order valence-electron chi connectivity index (χ1n) is 6.13. The van der Waals surface area contributed by atoms with Gasteiger partial charge in [-0.2, -0.15) is 0 Å². The molecule has 4 heteroatoms. The number of amidine groups is 1. The number of amides is 1. The molecular formula is C13H25N3O. The van der Waals surface area contributed by atoms with Crippen molar-refractivity contribution in [3.05, 3.63) is 12.8 Å². The summed E-state index contributed by atoms with van der Waals surface area (Å²) in [6.45, 7) is 8.76. The molecule has 0 fully saturated rings. The Morgan fingerprint density at radius 3 is 2.47 bits per heavy atom.